The largest absolute Gasteiger partial charge is 0.319 e. The Hall–Kier alpha value is -2.73. The van der Waals surface area contributed by atoms with Crippen molar-refractivity contribution in [1.29, 1.82) is 0 Å². The number of amides is 1. The average molecular weight is 388 g/mol. The number of nitrogens with zero attached hydrogens (tertiary/aromatic N) is 2. The standard InChI is InChI=1S/C20H19ClFN3O2/c1-2-3-6-11-25-20(27)15-8-5-4-7-14(15)18(24-25)19(26)23-17-10-9-13(22)12-16(17)21/h4-5,7-10,12H,2-3,6,11H2,1H3,(H,23,26). The lowest BCUT2D eigenvalue weighted by atomic mass is 10.1. The minimum atomic E-state index is -0.510. The first kappa shape index (κ1) is 19.0. The van der Waals surface area contributed by atoms with Crippen LogP contribution in [0, 0.1) is 5.82 Å². The third-order valence-electron chi connectivity index (χ3n) is 4.24. The summed E-state index contributed by atoms with van der Waals surface area (Å²) in [6.45, 7) is 2.51. The van der Waals surface area contributed by atoms with Crippen LogP contribution in [0.4, 0.5) is 10.1 Å². The predicted octanol–water partition coefficient (Wildman–Crippen LogP) is 4.63. The third kappa shape index (κ3) is 4.17. The predicted molar refractivity (Wildman–Crippen MR) is 105 cm³/mol. The lowest BCUT2D eigenvalue weighted by Gasteiger charge is -2.12. The average Bonchev–Trinajstić information content (AvgIpc) is 2.66. The number of halogens is 2. The van der Waals surface area contributed by atoms with Crippen molar-refractivity contribution in [1.82, 2.24) is 9.78 Å². The Kier molecular flexibility index (Phi) is 5.86. The molecule has 140 valence electrons. The Balaban J connectivity index is 2.02. The van der Waals surface area contributed by atoms with Crippen LogP contribution in [-0.2, 0) is 6.54 Å². The summed E-state index contributed by atoms with van der Waals surface area (Å²) in [6, 6.07) is 10.6. The molecule has 0 aliphatic heterocycles. The minimum absolute atomic E-state index is 0.0870. The first-order valence-corrected chi connectivity index (χ1v) is 9.15. The van der Waals surface area contributed by atoms with Gasteiger partial charge in [-0.2, -0.15) is 5.10 Å². The smallest absolute Gasteiger partial charge is 0.276 e. The summed E-state index contributed by atoms with van der Waals surface area (Å²) in [4.78, 5) is 25.5. The maximum absolute atomic E-state index is 13.2. The molecule has 1 aromatic heterocycles. The Morgan fingerprint density at radius 3 is 2.63 bits per heavy atom. The second kappa shape index (κ2) is 8.31. The fourth-order valence-corrected chi connectivity index (χ4v) is 3.05. The molecule has 7 heteroatoms. The topological polar surface area (TPSA) is 64.0 Å². The molecule has 27 heavy (non-hydrogen) atoms. The summed E-state index contributed by atoms with van der Waals surface area (Å²) < 4.78 is 14.5. The maximum atomic E-state index is 13.2. The van der Waals surface area contributed by atoms with E-state index in [4.69, 9.17) is 11.6 Å². The highest BCUT2D eigenvalue weighted by Gasteiger charge is 2.17. The summed E-state index contributed by atoms with van der Waals surface area (Å²) in [6.07, 6.45) is 2.78. The molecule has 0 fully saturated rings. The van der Waals surface area contributed by atoms with Gasteiger partial charge in [0, 0.05) is 11.9 Å². The molecule has 0 unspecified atom stereocenters. The van der Waals surface area contributed by atoms with Crippen molar-refractivity contribution in [3.05, 3.63) is 69.4 Å². The van der Waals surface area contributed by atoms with Gasteiger partial charge < -0.3 is 5.32 Å². The molecule has 1 heterocycles. The van der Waals surface area contributed by atoms with Crippen molar-refractivity contribution in [2.75, 3.05) is 5.32 Å². The van der Waals surface area contributed by atoms with Gasteiger partial charge in [-0.15, -0.1) is 0 Å². The van der Waals surface area contributed by atoms with E-state index in [1.165, 1.54) is 16.8 Å². The number of hydrogen-bond donors (Lipinski definition) is 1. The van der Waals surface area contributed by atoms with Crippen molar-refractivity contribution in [2.24, 2.45) is 0 Å². The normalized spacial score (nSPS) is 10.9. The SMILES string of the molecule is CCCCCn1nc(C(=O)Nc2ccc(F)cc2Cl)c2ccccc2c1=O. The second-order valence-corrected chi connectivity index (χ2v) is 6.62. The molecule has 0 saturated heterocycles. The van der Waals surface area contributed by atoms with Gasteiger partial charge in [-0.25, -0.2) is 9.07 Å². The van der Waals surface area contributed by atoms with Gasteiger partial charge in [-0.1, -0.05) is 49.6 Å². The van der Waals surface area contributed by atoms with E-state index in [9.17, 15) is 14.0 Å². The molecule has 1 amide bonds. The molecular weight excluding hydrogens is 369 g/mol. The fraction of sp³-hybridized carbons (Fsp3) is 0.250. The zero-order valence-electron chi connectivity index (χ0n) is 14.8. The van der Waals surface area contributed by atoms with Gasteiger partial charge in [0.15, 0.2) is 5.69 Å². The van der Waals surface area contributed by atoms with Crippen molar-refractivity contribution in [2.45, 2.75) is 32.7 Å². The number of unbranched alkanes of at least 4 members (excludes halogenated alkanes) is 2. The van der Waals surface area contributed by atoms with Gasteiger partial charge in [-0.3, -0.25) is 9.59 Å². The fourth-order valence-electron chi connectivity index (χ4n) is 2.84. The zero-order valence-corrected chi connectivity index (χ0v) is 15.6. The van der Waals surface area contributed by atoms with Gasteiger partial charge in [0.2, 0.25) is 0 Å². The van der Waals surface area contributed by atoms with Crippen LogP contribution in [0.25, 0.3) is 10.8 Å². The number of benzene rings is 2. The molecule has 3 rings (SSSR count). The number of fused-ring (bicyclic) bond motifs is 1. The molecule has 0 spiro atoms. The molecule has 0 bridgehead atoms. The van der Waals surface area contributed by atoms with E-state index < -0.39 is 11.7 Å². The van der Waals surface area contributed by atoms with E-state index >= 15 is 0 Å². The number of carbonyl (C=O) groups is 1. The molecule has 0 saturated carbocycles. The van der Waals surface area contributed by atoms with Crippen LogP contribution in [0.2, 0.25) is 5.02 Å². The Labute approximate surface area is 160 Å². The quantitative estimate of drug-likeness (QED) is 0.627. The zero-order chi connectivity index (χ0) is 19.4. The molecule has 3 aromatic rings. The van der Waals surface area contributed by atoms with Crippen molar-refractivity contribution in [3.63, 3.8) is 0 Å². The molecule has 0 radical (unpaired) electrons. The Morgan fingerprint density at radius 2 is 1.93 bits per heavy atom. The second-order valence-electron chi connectivity index (χ2n) is 6.21. The number of nitrogens with one attached hydrogen (secondary N) is 1. The summed E-state index contributed by atoms with van der Waals surface area (Å²) in [7, 11) is 0. The monoisotopic (exact) mass is 387 g/mol. The Morgan fingerprint density at radius 1 is 1.19 bits per heavy atom. The van der Waals surface area contributed by atoms with Gasteiger partial charge in [0.1, 0.15) is 5.82 Å². The van der Waals surface area contributed by atoms with Crippen LogP contribution < -0.4 is 10.9 Å². The summed E-state index contributed by atoms with van der Waals surface area (Å²) in [5, 5.41) is 7.91. The summed E-state index contributed by atoms with van der Waals surface area (Å²) in [5.41, 5.74) is 0.179. The van der Waals surface area contributed by atoms with Crippen LogP contribution in [0.1, 0.15) is 36.7 Å². The third-order valence-corrected chi connectivity index (χ3v) is 4.55. The number of anilines is 1. The van der Waals surface area contributed by atoms with Gasteiger partial charge in [0.05, 0.1) is 16.1 Å². The van der Waals surface area contributed by atoms with Crippen LogP contribution in [0.5, 0.6) is 0 Å². The van der Waals surface area contributed by atoms with E-state index in [1.54, 1.807) is 24.3 Å². The van der Waals surface area contributed by atoms with Crippen molar-refractivity contribution < 1.29 is 9.18 Å². The highest BCUT2D eigenvalue weighted by atomic mass is 35.5. The number of hydrogen-bond acceptors (Lipinski definition) is 3. The molecular formula is C20H19ClFN3O2. The molecule has 0 atom stereocenters. The van der Waals surface area contributed by atoms with E-state index in [0.29, 0.717) is 17.3 Å². The van der Waals surface area contributed by atoms with Gasteiger partial charge in [0.25, 0.3) is 11.5 Å². The van der Waals surface area contributed by atoms with Crippen LogP contribution in [0.3, 0.4) is 0 Å². The van der Waals surface area contributed by atoms with Crippen molar-refractivity contribution >= 4 is 34.0 Å². The summed E-state index contributed by atoms with van der Waals surface area (Å²) in [5.74, 6) is -1.00. The maximum Gasteiger partial charge on any atom is 0.276 e. The van der Waals surface area contributed by atoms with E-state index in [2.05, 4.69) is 17.3 Å². The first-order chi connectivity index (χ1) is 13.0. The minimum Gasteiger partial charge on any atom is -0.319 e. The highest BCUT2D eigenvalue weighted by molar-refractivity contribution is 6.34. The van der Waals surface area contributed by atoms with Crippen molar-refractivity contribution in [3.8, 4) is 0 Å². The highest BCUT2D eigenvalue weighted by Crippen LogP contribution is 2.23. The van der Waals surface area contributed by atoms with Crippen LogP contribution >= 0.6 is 11.6 Å². The van der Waals surface area contributed by atoms with E-state index in [0.717, 1.165) is 25.3 Å². The number of aromatic nitrogens is 2. The van der Waals surface area contributed by atoms with E-state index in [1.807, 2.05) is 0 Å². The van der Waals surface area contributed by atoms with Gasteiger partial charge >= 0.3 is 0 Å². The number of carbonyl (C=O) groups excluding carboxylic acids is 1. The van der Waals surface area contributed by atoms with Crippen LogP contribution in [0.15, 0.2) is 47.3 Å². The molecule has 0 aliphatic carbocycles. The first-order valence-electron chi connectivity index (χ1n) is 8.77. The van der Waals surface area contributed by atoms with Gasteiger partial charge in [-0.05, 0) is 30.7 Å². The number of rotatable bonds is 6. The lowest BCUT2D eigenvalue weighted by Crippen LogP contribution is -2.27. The lowest BCUT2D eigenvalue weighted by molar-refractivity contribution is 0.102. The number of aryl methyl sites for hydroxylation is 1. The molecule has 0 aliphatic rings. The molecule has 5 nitrogen and oxygen atoms in total. The van der Waals surface area contributed by atoms with Crippen LogP contribution in [-0.4, -0.2) is 15.7 Å². The Bertz CT molecular complexity index is 1050. The summed E-state index contributed by atoms with van der Waals surface area (Å²) >= 11 is 5.99. The van der Waals surface area contributed by atoms with E-state index in [-0.39, 0.29) is 22.0 Å². The molecule has 2 aromatic carbocycles. The molecule has 1 N–H and O–H groups in total.